The summed E-state index contributed by atoms with van der Waals surface area (Å²) in [6.45, 7) is 8.44. The molecule has 0 spiro atoms. The minimum atomic E-state index is 0.237. The van der Waals surface area contributed by atoms with E-state index < -0.39 is 0 Å². The van der Waals surface area contributed by atoms with Crippen LogP contribution < -0.4 is 5.32 Å². The van der Waals surface area contributed by atoms with E-state index in [1.165, 1.54) is 9.75 Å². The molecular weight excluding hydrogens is 230 g/mol. The monoisotopic (exact) mass is 249 g/mol. The van der Waals surface area contributed by atoms with Gasteiger partial charge < -0.3 is 9.73 Å². The van der Waals surface area contributed by atoms with Gasteiger partial charge in [-0.05, 0) is 52.0 Å². The van der Waals surface area contributed by atoms with Crippen LogP contribution in [-0.4, -0.2) is 0 Å². The van der Waals surface area contributed by atoms with Gasteiger partial charge in [-0.1, -0.05) is 0 Å². The summed E-state index contributed by atoms with van der Waals surface area (Å²) >= 11 is 1.85. The minimum absolute atomic E-state index is 0.237. The summed E-state index contributed by atoms with van der Waals surface area (Å²) in [4.78, 5) is 2.73. The lowest BCUT2D eigenvalue weighted by atomic mass is 10.2. The molecule has 92 valence electrons. The average molecular weight is 249 g/mol. The Labute approximate surface area is 107 Å². The minimum Gasteiger partial charge on any atom is -0.465 e. The van der Waals surface area contributed by atoms with Crippen LogP contribution in [0.2, 0.25) is 0 Å². The van der Waals surface area contributed by atoms with E-state index >= 15 is 0 Å². The molecule has 2 heterocycles. The third-order valence-corrected chi connectivity index (χ3v) is 4.06. The van der Waals surface area contributed by atoms with Crippen LogP contribution in [0.1, 0.15) is 47.2 Å². The zero-order chi connectivity index (χ0) is 12.4. The smallest absolute Gasteiger partial charge is 0.120 e. The Balaban J connectivity index is 2.01. The van der Waals surface area contributed by atoms with Crippen LogP contribution in [0.25, 0.3) is 0 Å². The van der Waals surface area contributed by atoms with E-state index in [-0.39, 0.29) is 6.04 Å². The van der Waals surface area contributed by atoms with Crippen LogP contribution in [0.15, 0.2) is 28.7 Å². The third kappa shape index (κ3) is 2.99. The van der Waals surface area contributed by atoms with E-state index in [0.29, 0.717) is 6.04 Å². The second-order valence-electron chi connectivity index (χ2n) is 4.51. The molecule has 0 bridgehead atoms. The topological polar surface area (TPSA) is 25.2 Å². The normalized spacial score (nSPS) is 14.8. The van der Waals surface area contributed by atoms with Gasteiger partial charge in [-0.25, -0.2) is 0 Å². The van der Waals surface area contributed by atoms with E-state index in [2.05, 4.69) is 38.2 Å². The molecule has 2 unspecified atom stereocenters. The molecule has 0 saturated carbocycles. The standard InChI is InChI=1S/C14H19NOS/c1-9-5-7-13(16-9)11(3)15-12(4)14-8-6-10(2)17-14/h5-8,11-12,15H,1-4H3. The summed E-state index contributed by atoms with van der Waals surface area (Å²) in [6, 6.07) is 9.00. The number of aryl methyl sites for hydroxylation is 2. The van der Waals surface area contributed by atoms with Crippen molar-refractivity contribution in [2.45, 2.75) is 39.8 Å². The molecule has 0 fully saturated rings. The van der Waals surface area contributed by atoms with Crippen LogP contribution in [0.4, 0.5) is 0 Å². The number of thiophene rings is 1. The molecule has 0 aliphatic heterocycles. The lowest BCUT2D eigenvalue weighted by Crippen LogP contribution is -2.21. The first-order chi connectivity index (χ1) is 8.06. The van der Waals surface area contributed by atoms with Crippen LogP contribution in [-0.2, 0) is 0 Å². The van der Waals surface area contributed by atoms with Crippen LogP contribution in [0, 0.1) is 13.8 Å². The van der Waals surface area contributed by atoms with Crippen molar-refractivity contribution in [1.82, 2.24) is 5.32 Å². The lowest BCUT2D eigenvalue weighted by Gasteiger charge is -2.17. The van der Waals surface area contributed by atoms with E-state index in [9.17, 15) is 0 Å². The van der Waals surface area contributed by atoms with E-state index in [1.807, 2.05) is 30.4 Å². The van der Waals surface area contributed by atoms with Crippen molar-refractivity contribution in [3.8, 4) is 0 Å². The Morgan fingerprint density at radius 1 is 1.06 bits per heavy atom. The molecule has 2 aromatic rings. The van der Waals surface area contributed by atoms with Gasteiger partial charge in [-0.3, -0.25) is 0 Å². The predicted octanol–water partition coefficient (Wildman–Crippen LogP) is 4.37. The molecular formula is C14H19NOS. The molecule has 0 aliphatic carbocycles. The first kappa shape index (κ1) is 12.4. The van der Waals surface area contributed by atoms with Crippen LogP contribution in [0.5, 0.6) is 0 Å². The number of furan rings is 1. The van der Waals surface area contributed by atoms with Gasteiger partial charge in [0.1, 0.15) is 11.5 Å². The van der Waals surface area contributed by atoms with Gasteiger partial charge in [0.15, 0.2) is 0 Å². The molecule has 17 heavy (non-hydrogen) atoms. The Hall–Kier alpha value is -1.06. The van der Waals surface area contributed by atoms with Crippen molar-refractivity contribution < 1.29 is 4.42 Å². The van der Waals surface area contributed by atoms with E-state index in [0.717, 1.165) is 11.5 Å². The SMILES string of the molecule is Cc1ccc(C(C)NC(C)c2ccc(C)s2)o1. The molecule has 0 radical (unpaired) electrons. The van der Waals surface area contributed by atoms with Gasteiger partial charge in [0.05, 0.1) is 6.04 Å². The molecule has 1 N–H and O–H groups in total. The first-order valence-corrected chi connectivity index (χ1v) is 6.76. The van der Waals surface area contributed by atoms with Crippen LogP contribution >= 0.6 is 11.3 Å². The highest BCUT2D eigenvalue weighted by Gasteiger charge is 2.14. The maximum Gasteiger partial charge on any atom is 0.120 e. The summed E-state index contributed by atoms with van der Waals surface area (Å²) in [6.07, 6.45) is 0. The highest BCUT2D eigenvalue weighted by Crippen LogP contribution is 2.25. The van der Waals surface area contributed by atoms with Crippen molar-refractivity contribution in [3.63, 3.8) is 0 Å². The summed E-state index contributed by atoms with van der Waals surface area (Å²) in [7, 11) is 0. The summed E-state index contributed by atoms with van der Waals surface area (Å²) in [5.74, 6) is 1.97. The summed E-state index contributed by atoms with van der Waals surface area (Å²) in [5, 5.41) is 3.56. The third-order valence-electron chi connectivity index (χ3n) is 2.88. The van der Waals surface area contributed by atoms with Crippen molar-refractivity contribution in [2.75, 3.05) is 0 Å². The summed E-state index contributed by atoms with van der Waals surface area (Å²) < 4.78 is 5.63. The second kappa shape index (κ2) is 5.07. The van der Waals surface area contributed by atoms with Crippen molar-refractivity contribution in [3.05, 3.63) is 45.5 Å². The maximum absolute atomic E-state index is 5.63. The van der Waals surface area contributed by atoms with Gasteiger partial charge in [0.25, 0.3) is 0 Å². The lowest BCUT2D eigenvalue weighted by molar-refractivity contribution is 0.394. The largest absolute Gasteiger partial charge is 0.465 e. The Kier molecular flexibility index (Phi) is 3.69. The van der Waals surface area contributed by atoms with Gasteiger partial charge in [-0.15, -0.1) is 11.3 Å². The quantitative estimate of drug-likeness (QED) is 0.870. The molecule has 2 nitrogen and oxygen atoms in total. The zero-order valence-electron chi connectivity index (χ0n) is 10.8. The molecule has 2 aromatic heterocycles. The first-order valence-electron chi connectivity index (χ1n) is 5.95. The highest BCUT2D eigenvalue weighted by molar-refractivity contribution is 7.12. The maximum atomic E-state index is 5.63. The number of hydrogen-bond acceptors (Lipinski definition) is 3. The molecule has 3 heteroatoms. The van der Waals surface area contributed by atoms with E-state index in [4.69, 9.17) is 4.42 Å². The number of hydrogen-bond donors (Lipinski definition) is 1. The Morgan fingerprint density at radius 2 is 1.82 bits per heavy atom. The highest BCUT2D eigenvalue weighted by atomic mass is 32.1. The predicted molar refractivity (Wildman–Crippen MR) is 72.5 cm³/mol. The van der Waals surface area contributed by atoms with Gasteiger partial charge in [0.2, 0.25) is 0 Å². The van der Waals surface area contributed by atoms with Crippen molar-refractivity contribution >= 4 is 11.3 Å². The zero-order valence-corrected chi connectivity index (χ0v) is 11.6. The molecule has 2 atom stereocenters. The molecule has 0 amide bonds. The average Bonchev–Trinajstić information content (AvgIpc) is 2.87. The molecule has 0 aromatic carbocycles. The fourth-order valence-electron chi connectivity index (χ4n) is 1.91. The van der Waals surface area contributed by atoms with Gasteiger partial charge >= 0.3 is 0 Å². The molecule has 2 rings (SSSR count). The van der Waals surface area contributed by atoms with Crippen molar-refractivity contribution in [2.24, 2.45) is 0 Å². The molecule has 0 aliphatic rings. The number of rotatable bonds is 4. The fourth-order valence-corrected chi connectivity index (χ4v) is 2.80. The Bertz CT molecular complexity index is 442. The van der Waals surface area contributed by atoms with Gasteiger partial charge in [0, 0.05) is 15.8 Å². The number of nitrogens with one attached hydrogen (secondary N) is 1. The second-order valence-corrected chi connectivity index (χ2v) is 5.83. The van der Waals surface area contributed by atoms with Gasteiger partial charge in [-0.2, -0.15) is 0 Å². The molecule has 0 saturated heterocycles. The van der Waals surface area contributed by atoms with Crippen molar-refractivity contribution in [1.29, 1.82) is 0 Å². The van der Waals surface area contributed by atoms with Crippen LogP contribution in [0.3, 0.4) is 0 Å². The fraction of sp³-hybridized carbons (Fsp3) is 0.429. The van der Waals surface area contributed by atoms with E-state index in [1.54, 1.807) is 0 Å². The summed E-state index contributed by atoms with van der Waals surface area (Å²) in [5.41, 5.74) is 0. The Morgan fingerprint density at radius 3 is 2.35 bits per heavy atom.